The van der Waals surface area contributed by atoms with Crippen LogP contribution in [-0.4, -0.2) is 36.9 Å². The number of hydrogen-bond donors (Lipinski definition) is 1. The number of para-hydroxylation sites is 1. The number of amides is 4. The fourth-order valence-corrected chi connectivity index (χ4v) is 1.95. The molecule has 4 amide bonds. The number of carbonyl (C=O) groups is 2. The molecule has 0 atom stereocenters. The molecule has 1 heterocycles. The summed E-state index contributed by atoms with van der Waals surface area (Å²) in [7, 11) is 1.42. The molecule has 0 spiro atoms. The number of imide groups is 1. The van der Waals surface area contributed by atoms with Crippen LogP contribution in [0.15, 0.2) is 54.7 Å². The van der Waals surface area contributed by atoms with E-state index in [0.29, 0.717) is 5.69 Å². The van der Waals surface area contributed by atoms with Gasteiger partial charge in [0.1, 0.15) is 5.82 Å². The Bertz CT molecular complexity index is 676. The van der Waals surface area contributed by atoms with Crippen LogP contribution in [-0.2, 0) is 4.79 Å². The Labute approximate surface area is 133 Å². The van der Waals surface area contributed by atoms with Gasteiger partial charge in [0, 0.05) is 13.2 Å². The SMILES string of the molecule is CNC(=O)N(C(=O)N(C[C]=O)c1ccccn1)c1ccccc1. The number of nitrogens with one attached hydrogen (secondary N) is 1. The standard InChI is InChI=1S/C16H15N4O3/c1-17-15(22)20(13-7-3-2-4-8-13)16(23)19(11-12-21)14-9-5-6-10-18-14/h2-10H,11H2,1H3,(H,17,22). The highest BCUT2D eigenvalue weighted by atomic mass is 16.2. The Morgan fingerprint density at radius 2 is 1.83 bits per heavy atom. The Hall–Kier alpha value is -3.22. The fourth-order valence-electron chi connectivity index (χ4n) is 1.95. The second-order valence-corrected chi connectivity index (χ2v) is 4.43. The molecule has 7 nitrogen and oxygen atoms in total. The molecule has 0 unspecified atom stereocenters. The van der Waals surface area contributed by atoms with E-state index >= 15 is 0 Å². The third kappa shape index (κ3) is 3.70. The largest absolute Gasteiger partial charge is 0.340 e. The van der Waals surface area contributed by atoms with E-state index in [-0.39, 0.29) is 12.4 Å². The minimum absolute atomic E-state index is 0.255. The maximum Gasteiger partial charge on any atom is 0.338 e. The first-order valence-corrected chi connectivity index (χ1v) is 6.83. The summed E-state index contributed by atoms with van der Waals surface area (Å²) in [4.78, 5) is 41.8. The topological polar surface area (TPSA) is 82.6 Å². The van der Waals surface area contributed by atoms with Gasteiger partial charge in [0.25, 0.3) is 0 Å². The van der Waals surface area contributed by atoms with E-state index in [2.05, 4.69) is 10.3 Å². The van der Waals surface area contributed by atoms with Gasteiger partial charge < -0.3 is 5.32 Å². The van der Waals surface area contributed by atoms with Crippen LogP contribution >= 0.6 is 0 Å². The molecule has 7 heteroatoms. The molecule has 0 fully saturated rings. The first-order valence-electron chi connectivity index (χ1n) is 6.83. The van der Waals surface area contributed by atoms with E-state index in [1.165, 1.54) is 13.2 Å². The van der Waals surface area contributed by atoms with Crippen molar-refractivity contribution < 1.29 is 14.4 Å². The zero-order chi connectivity index (χ0) is 16.7. The number of nitrogens with zero attached hydrogens (tertiary/aromatic N) is 3. The van der Waals surface area contributed by atoms with Crippen molar-refractivity contribution in [3.63, 3.8) is 0 Å². The van der Waals surface area contributed by atoms with Crippen LogP contribution in [0, 0.1) is 0 Å². The van der Waals surface area contributed by atoms with Crippen molar-refractivity contribution in [2.45, 2.75) is 0 Å². The van der Waals surface area contributed by atoms with Gasteiger partial charge in [-0.05, 0) is 24.3 Å². The quantitative estimate of drug-likeness (QED) is 0.935. The van der Waals surface area contributed by atoms with Crippen molar-refractivity contribution in [2.75, 3.05) is 23.4 Å². The normalized spacial score (nSPS) is 9.78. The molecule has 0 saturated carbocycles. The van der Waals surface area contributed by atoms with E-state index in [4.69, 9.17) is 0 Å². The Morgan fingerprint density at radius 1 is 1.13 bits per heavy atom. The molecule has 2 aromatic rings. The zero-order valence-electron chi connectivity index (χ0n) is 12.5. The molecule has 0 saturated heterocycles. The summed E-state index contributed by atoms with van der Waals surface area (Å²) in [5.41, 5.74) is 0.378. The van der Waals surface area contributed by atoms with Crippen LogP contribution in [0.2, 0.25) is 0 Å². The van der Waals surface area contributed by atoms with Gasteiger partial charge in [-0.15, -0.1) is 0 Å². The van der Waals surface area contributed by atoms with Gasteiger partial charge in [0.2, 0.25) is 6.29 Å². The average molecular weight is 311 g/mol. The predicted octanol–water partition coefficient (Wildman–Crippen LogP) is 1.96. The van der Waals surface area contributed by atoms with Crippen molar-refractivity contribution >= 4 is 29.9 Å². The molecule has 0 aliphatic carbocycles. The molecule has 1 radical (unpaired) electrons. The number of urea groups is 2. The van der Waals surface area contributed by atoms with E-state index < -0.39 is 12.1 Å². The number of aromatic nitrogens is 1. The number of benzene rings is 1. The highest BCUT2D eigenvalue weighted by molar-refractivity contribution is 6.19. The van der Waals surface area contributed by atoms with Crippen molar-refractivity contribution in [1.29, 1.82) is 0 Å². The Balaban J connectivity index is 2.42. The minimum Gasteiger partial charge on any atom is -0.340 e. The van der Waals surface area contributed by atoms with Crippen molar-refractivity contribution in [3.8, 4) is 0 Å². The average Bonchev–Trinajstić information content (AvgIpc) is 2.61. The van der Waals surface area contributed by atoms with E-state index in [9.17, 15) is 14.4 Å². The first kappa shape index (κ1) is 16.2. The molecule has 0 aliphatic heterocycles. The summed E-state index contributed by atoms with van der Waals surface area (Å²) in [5.74, 6) is 0.255. The molecular formula is C16H15N4O3. The zero-order valence-corrected chi connectivity index (χ0v) is 12.5. The molecule has 117 valence electrons. The van der Waals surface area contributed by atoms with Crippen molar-refractivity contribution in [2.24, 2.45) is 0 Å². The molecule has 0 bridgehead atoms. The Morgan fingerprint density at radius 3 is 2.39 bits per heavy atom. The fraction of sp³-hybridized carbons (Fsp3) is 0.125. The van der Waals surface area contributed by atoms with Gasteiger partial charge in [-0.3, -0.25) is 9.69 Å². The van der Waals surface area contributed by atoms with Gasteiger partial charge >= 0.3 is 12.1 Å². The molecule has 1 aromatic carbocycles. The highest BCUT2D eigenvalue weighted by Crippen LogP contribution is 2.18. The monoisotopic (exact) mass is 311 g/mol. The summed E-state index contributed by atoms with van der Waals surface area (Å²) in [6.45, 7) is -0.337. The summed E-state index contributed by atoms with van der Waals surface area (Å²) >= 11 is 0. The first-order chi connectivity index (χ1) is 11.2. The van der Waals surface area contributed by atoms with Gasteiger partial charge in [-0.25, -0.2) is 19.5 Å². The van der Waals surface area contributed by atoms with Crippen LogP contribution < -0.4 is 15.1 Å². The lowest BCUT2D eigenvalue weighted by Crippen LogP contribution is -2.50. The second-order valence-electron chi connectivity index (χ2n) is 4.43. The van der Waals surface area contributed by atoms with Crippen molar-refractivity contribution in [3.05, 3.63) is 54.7 Å². The summed E-state index contributed by atoms with van der Waals surface area (Å²) < 4.78 is 0. The van der Waals surface area contributed by atoms with E-state index in [0.717, 1.165) is 9.80 Å². The van der Waals surface area contributed by atoms with Gasteiger partial charge in [-0.1, -0.05) is 24.3 Å². The third-order valence-electron chi connectivity index (χ3n) is 3.00. The molecule has 2 rings (SSSR count). The van der Waals surface area contributed by atoms with Crippen LogP contribution in [0.3, 0.4) is 0 Å². The van der Waals surface area contributed by atoms with Gasteiger partial charge in [-0.2, -0.15) is 0 Å². The summed E-state index contributed by atoms with van der Waals surface area (Å²) in [5, 5.41) is 2.41. The van der Waals surface area contributed by atoms with Crippen LogP contribution in [0.1, 0.15) is 0 Å². The predicted molar refractivity (Wildman–Crippen MR) is 86.0 cm³/mol. The second kappa shape index (κ2) is 7.69. The molecule has 0 aliphatic rings. The van der Waals surface area contributed by atoms with Gasteiger partial charge in [0.15, 0.2) is 0 Å². The number of carbonyl (C=O) groups excluding carboxylic acids is 3. The van der Waals surface area contributed by atoms with E-state index in [1.54, 1.807) is 54.8 Å². The number of rotatable bonds is 4. The molecule has 1 N–H and O–H groups in total. The Kier molecular flexibility index (Phi) is 5.40. The minimum atomic E-state index is -0.697. The number of anilines is 2. The van der Waals surface area contributed by atoms with Gasteiger partial charge in [0.05, 0.1) is 12.2 Å². The lowest BCUT2D eigenvalue weighted by Gasteiger charge is -2.27. The van der Waals surface area contributed by atoms with E-state index in [1.807, 2.05) is 0 Å². The van der Waals surface area contributed by atoms with Crippen LogP contribution in [0.25, 0.3) is 0 Å². The molecule has 23 heavy (non-hydrogen) atoms. The molecular weight excluding hydrogens is 296 g/mol. The van der Waals surface area contributed by atoms with Crippen LogP contribution in [0.4, 0.5) is 21.1 Å². The summed E-state index contributed by atoms with van der Waals surface area (Å²) in [6, 6.07) is 12.0. The maximum atomic E-state index is 12.8. The maximum absolute atomic E-state index is 12.8. The smallest absolute Gasteiger partial charge is 0.338 e. The molecule has 1 aromatic heterocycles. The summed E-state index contributed by atoms with van der Waals surface area (Å²) in [6.07, 6.45) is 3.16. The van der Waals surface area contributed by atoms with Crippen LogP contribution in [0.5, 0.6) is 0 Å². The third-order valence-corrected chi connectivity index (χ3v) is 3.00. The number of pyridine rings is 1. The lowest BCUT2D eigenvalue weighted by atomic mass is 10.3. The lowest BCUT2D eigenvalue weighted by molar-refractivity contribution is 0.238. The van der Waals surface area contributed by atoms with Crippen molar-refractivity contribution in [1.82, 2.24) is 10.3 Å². The number of hydrogen-bond acceptors (Lipinski definition) is 4. The highest BCUT2D eigenvalue weighted by Gasteiger charge is 2.29.